The normalized spacial score (nSPS) is 11.2. The first-order chi connectivity index (χ1) is 5.84. The van der Waals surface area contributed by atoms with Gasteiger partial charge in [0.05, 0.1) is 6.61 Å². The van der Waals surface area contributed by atoms with Crippen molar-refractivity contribution < 1.29 is 26.6 Å². The fraction of sp³-hybridized carbons (Fsp3) is 0.300. The number of hydrogen-bond acceptors (Lipinski definition) is 2. The van der Waals surface area contributed by atoms with Crippen molar-refractivity contribution in [2.75, 3.05) is 6.61 Å². The molecular formula is C10H11CuO2. The largest absolute Gasteiger partial charge is 1.00 e. The van der Waals surface area contributed by atoms with Crippen LogP contribution >= 0.6 is 0 Å². The molecule has 0 aromatic heterocycles. The Morgan fingerprint density at radius 3 is 2.54 bits per heavy atom. The third kappa shape index (κ3) is 4.11. The average molecular weight is 227 g/mol. The van der Waals surface area contributed by atoms with Gasteiger partial charge < -0.3 is 9.53 Å². The van der Waals surface area contributed by atoms with Crippen molar-refractivity contribution in [3.8, 4) is 0 Å². The molecule has 0 N–H and O–H groups in total. The molecule has 0 aliphatic heterocycles. The number of benzene rings is 1. The Morgan fingerprint density at radius 1 is 1.38 bits per heavy atom. The minimum atomic E-state index is 0. The van der Waals surface area contributed by atoms with E-state index >= 15 is 0 Å². The molecule has 1 atom stereocenters. The second kappa shape index (κ2) is 6.70. The summed E-state index contributed by atoms with van der Waals surface area (Å²) in [4.78, 5) is 9.79. The van der Waals surface area contributed by atoms with Gasteiger partial charge in [-0.3, -0.25) is 0 Å². The van der Waals surface area contributed by atoms with E-state index in [1.807, 2.05) is 37.3 Å². The van der Waals surface area contributed by atoms with Gasteiger partial charge in [0.15, 0.2) is 0 Å². The van der Waals surface area contributed by atoms with Crippen molar-refractivity contribution in [2.24, 2.45) is 0 Å². The van der Waals surface area contributed by atoms with Crippen LogP contribution in [0.15, 0.2) is 30.3 Å². The molecule has 0 radical (unpaired) electrons. The van der Waals surface area contributed by atoms with Crippen LogP contribution in [0.2, 0.25) is 0 Å². The zero-order chi connectivity index (χ0) is 8.81. The number of rotatable bonds is 4. The van der Waals surface area contributed by atoms with E-state index in [2.05, 4.69) is 4.74 Å². The van der Waals surface area contributed by atoms with Gasteiger partial charge in [0.2, 0.25) is 0 Å². The van der Waals surface area contributed by atoms with Gasteiger partial charge in [0.1, 0.15) is 0 Å². The molecule has 0 saturated carbocycles. The van der Waals surface area contributed by atoms with Gasteiger partial charge in [0.25, 0.3) is 0 Å². The maximum atomic E-state index is 9.79. The topological polar surface area (TPSA) is 26.3 Å². The van der Waals surface area contributed by atoms with Crippen LogP contribution in [-0.2, 0) is 26.6 Å². The molecule has 0 bridgehead atoms. The van der Waals surface area contributed by atoms with Crippen molar-refractivity contribution in [3.05, 3.63) is 35.9 Å². The second-order valence-electron chi connectivity index (χ2n) is 2.71. The fourth-order valence-corrected chi connectivity index (χ4v) is 1.04. The Morgan fingerprint density at radius 2 is 2.00 bits per heavy atom. The summed E-state index contributed by atoms with van der Waals surface area (Å²) in [5.41, 5.74) is 1.17. The standard InChI is InChI=1S/C10H11O2.Cu/c1-9(7-12-8-11)10-5-3-2-4-6-10;/h2-6,9H,7H2,1H3;/q-1;+1. The van der Waals surface area contributed by atoms with E-state index in [1.165, 1.54) is 12.0 Å². The van der Waals surface area contributed by atoms with Crippen molar-refractivity contribution in [3.63, 3.8) is 0 Å². The molecule has 3 heteroatoms. The van der Waals surface area contributed by atoms with Crippen molar-refractivity contribution in [1.29, 1.82) is 0 Å². The van der Waals surface area contributed by atoms with E-state index in [0.717, 1.165) is 0 Å². The first kappa shape index (κ1) is 12.2. The van der Waals surface area contributed by atoms with Crippen LogP contribution in [0.5, 0.6) is 0 Å². The zero-order valence-electron chi connectivity index (χ0n) is 7.29. The van der Waals surface area contributed by atoms with E-state index in [-0.39, 0.29) is 23.0 Å². The molecule has 2 nitrogen and oxygen atoms in total. The summed E-state index contributed by atoms with van der Waals surface area (Å²) in [6, 6.07) is 9.92. The van der Waals surface area contributed by atoms with Gasteiger partial charge in [0, 0.05) is 5.92 Å². The van der Waals surface area contributed by atoms with Crippen LogP contribution in [0.25, 0.3) is 0 Å². The molecule has 1 rings (SSSR count). The molecule has 0 heterocycles. The molecule has 74 valence electrons. The van der Waals surface area contributed by atoms with E-state index in [1.54, 1.807) is 0 Å². The van der Waals surface area contributed by atoms with Gasteiger partial charge in [-0.05, 0) is 5.56 Å². The Bertz CT molecular complexity index is 236. The molecule has 1 aromatic carbocycles. The van der Waals surface area contributed by atoms with Crippen LogP contribution in [-0.4, -0.2) is 13.1 Å². The summed E-state index contributed by atoms with van der Waals surface area (Å²) in [6.45, 7) is 3.82. The monoisotopic (exact) mass is 226 g/mol. The summed E-state index contributed by atoms with van der Waals surface area (Å²) < 4.78 is 4.54. The summed E-state index contributed by atoms with van der Waals surface area (Å²) >= 11 is 0. The van der Waals surface area contributed by atoms with Crippen molar-refractivity contribution in [2.45, 2.75) is 12.8 Å². The smallest absolute Gasteiger partial charge is 0.652 e. The molecule has 0 aliphatic carbocycles. The molecular weight excluding hydrogens is 216 g/mol. The minimum Gasteiger partial charge on any atom is -0.652 e. The molecule has 1 aromatic rings. The van der Waals surface area contributed by atoms with Gasteiger partial charge in [-0.25, -0.2) is 0 Å². The first-order valence-corrected chi connectivity index (χ1v) is 3.88. The van der Waals surface area contributed by atoms with Gasteiger partial charge in [-0.15, -0.1) is 0 Å². The molecule has 0 spiro atoms. The Balaban J connectivity index is 0.00000144. The van der Waals surface area contributed by atoms with E-state index in [9.17, 15) is 4.79 Å². The fourth-order valence-electron chi connectivity index (χ4n) is 1.04. The number of hydrogen-bond donors (Lipinski definition) is 0. The molecule has 0 fully saturated rings. The van der Waals surface area contributed by atoms with E-state index < -0.39 is 0 Å². The Hall–Kier alpha value is -0.791. The van der Waals surface area contributed by atoms with Crippen molar-refractivity contribution in [1.82, 2.24) is 0 Å². The van der Waals surface area contributed by atoms with Crippen LogP contribution in [0.4, 0.5) is 0 Å². The maximum absolute atomic E-state index is 9.79. The Kier molecular flexibility index (Phi) is 6.29. The number of ether oxygens (including phenoxy) is 1. The summed E-state index contributed by atoms with van der Waals surface area (Å²) in [6.07, 6.45) is 0. The molecule has 13 heavy (non-hydrogen) atoms. The quantitative estimate of drug-likeness (QED) is 0.579. The SMILES string of the molecule is CC(CO[C-]=O)c1ccccc1.[Cu+]. The third-order valence-corrected chi connectivity index (χ3v) is 1.76. The van der Waals surface area contributed by atoms with E-state index in [4.69, 9.17) is 0 Å². The number of carbonyl (C=O) groups excluding carboxylic acids is 1. The Labute approximate surface area is 88.8 Å². The summed E-state index contributed by atoms with van der Waals surface area (Å²) in [7, 11) is 0. The van der Waals surface area contributed by atoms with Crippen LogP contribution in [0.3, 0.4) is 0 Å². The van der Waals surface area contributed by atoms with Gasteiger partial charge >= 0.3 is 17.1 Å². The van der Waals surface area contributed by atoms with Crippen LogP contribution in [0, 0.1) is 0 Å². The summed E-state index contributed by atoms with van der Waals surface area (Å²) in [5.74, 6) is 0.243. The second-order valence-corrected chi connectivity index (χ2v) is 2.71. The first-order valence-electron chi connectivity index (χ1n) is 3.88. The van der Waals surface area contributed by atoms with Crippen LogP contribution < -0.4 is 0 Å². The molecule has 0 amide bonds. The predicted octanol–water partition coefficient (Wildman–Crippen LogP) is 1.87. The van der Waals surface area contributed by atoms with Gasteiger partial charge in [-0.2, -0.15) is 0 Å². The molecule has 0 saturated heterocycles. The maximum Gasteiger partial charge on any atom is 1.00 e. The van der Waals surface area contributed by atoms with Crippen molar-refractivity contribution >= 4 is 6.47 Å². The van der Waals surface area contributed by atoms with E-state index in [0.29, 0.717) is 6.61 Å². The zero-order valence-corrected chi connectivity index (χ0v) is 8.23. The van der Waals surface area contributed by atoms with Crippen LogP contribution in [0.1, 0.15) is 18.4 Å². The minimum absolute atomic E-state index is 0. The molecule has 0 aliphatic rings. The summed E-state index contributed by atoms with van der Waals surface area (Å²) in [5, 5.41) is 0. The van der Waals surface area contributed by atoms with Gasteiger partial charge in [-0.1, -0.05) is 43.7 Å². The predicted molar refractivity (Wildman–Crippen MR) is 46.5 cm³/mol. The third-order valence-electron chi connectivity index (χ3n) is 1.76. The molecule has 1 unspecified atom stereocenters. The average Bonchev–Trinajstić information content (AvgIpc) is 2.15.